The molecule has 0 aliphatic rings. The monoisotopic (exact) mass is 414 g/mol. The predicted molar refractivity (Wildman–Crippen MR) is 93.4 cm³/mol. The molecule has 0 atom stereocenters. The van der Waals surface area contributed by atoms with Gasteiger partial charge in [-0.1, -0.05) is 45.7 Å². The smallest absolute Gasteiger partial charge is 0.194 e. The van der Waals surface area contributed by atoms with Gasteiger partial charge < -0.3 is 9.73 Å². The summed E-state index contributed by atoms with van der Waals surface area (Å²) in [7, 11) is 0. The Bertz CT molecular complexity index is 561. The second kappa shape index (κ2) is 8.11. The number of aryl methyl sites for hydroxylation is 1. The summed E-state index contributed by atoms with van der Waals surface area (Å²) in [6.45, 7) is 6.48. The molecule has 0 unspecified atom stereocenters. The molecule has 1 aromatic heterocycles. The van der Waals surface area contributed by atoms with Crippen LogP contribution in [0.5, 0.6) is 0 Å². The first-order valence-corrected chi connectivity index (χ1v) is 8.75. The lowest BCUT2D eigenvalue weighted by Gasteiger charge is -2.05. The van der Waals surface area contributed by atoms with Gasteiger partial charge in [-0.25, -0.2) is 4.98 Å². The van der Waals surface area contributed by atoms with Crippen LogP contribution < -0.4 is 5.32 Å². The Kier molecular flexibility index (Phi) is 6.45. The lowest BCUT2D eigenvalue weighted by molar-refractivity contribution is 0.483. The number of hydrogen-bond donors (Lipinski definition) is 1. The molecule has 1 heterocycles. The summed E-state index contributed by atoms with van der Waals surface area (Å²) in [5.74, 6) is 2.29. The highest BCUT2D eigenvalue weighted by Gasteiger charge is 2.08. The Morgan fingerprint density at radius 2 is 1.90 bits per heavy atom. The molecule has 0 aliphatic carbocycles. The van der Waals surface area contributed by atoms with Crippen molar-refractivity contribution in [3.63, 3.8) is 0 Å². The number of hydrogen-bond acceptors (Lipinski definition) is 3. The summed E-state index contributed by atoms with van der Waals surface area (Å²) in [6.07, 6.45) is 3.69. The van der Waals surface area contributed by atoms with Gasteiger partial charge in [0.2, 0.25) is 0 Å². The molecule has 0 aliphatic heterocycles. The van der Waals surface area contributed by atoms with Crippen LogP contribution in [-0.2, 0) is 6.42 Å². The number of nitrogens with zero attached hydrogens (tertiary/aromatic N) is 1. The zero-order valence-corrected chi connectivity index (χ0v) is 15.5. The SMILES string of the molecule is CC(C)CNCCCc1ncc(-c2cc(Br)cc(Br)c2)o1. The molecule has 21 heavy (non-hydrogen) atoms. The molecule has 0 spiro atoms. The third kappa shape index (κ3) is 5.57. The molecule has 2 aromatic rings. The second-order valence-corrected chi connectivity index (χ2v) is 7.31. The van der Waals surface area contributed by atoms with Crippen molar-refractivity contribution < 1.29 is 4.42 Å². The summed E-state index contributed by atoms with van der Waals surface area (Å²) in [5, 5.41) is 3.43. The van der Waals surface area contributed by atoms with Crippen LogP contribution in [0.4, 0.5) is 0 Å². The van der Waals surface area contributed by atoms with Gasteiger partial charge in [0.05, 0.1) is 6.20 Å². The second-order valence-electron chi connectivity index (χ2n) is 5.48. The normalized spacial score (nSPS) is 11.3. The van der Waals surface area contributed by atoms with Crippen molar-refractivity contribution in [2.45, 2.75) is 26.7 Å². The van der Waals surface area contributed by atoms with E-state index in [2.05, 4.69) is 56.0 Å². The predicted octanol–water partition coefficient (Wildman–Crippen LogP) is 5.04. The molecule has 0 saturated heterocycles. The number of halogens is 2. The maximum absolute atomic E-state index is 5.83. The third-order valence-electron chi connectivity index (χ3n) is 3.00. The Morgan fingerprint density at radius 3 is 2.57 bits per heavy atom. The Hall–Kier alpha value is -0.650. The minimum absolute atomic E-state index is 0.688. The van der Waals surface area contributed by atoms with E-state index in [0.29, 0.717) is 5.92 Å². The largest absolute Gasteiger partial charge is 0.441 e. The molecular formula is C16H20Br2N2O. The maximum atomic E-state index is 5.83. The van der Waals surface area contributed by atoms with Crippen molar-refractivity contribution in [1.29, 1.82) is 0 Å². The van der Waals surface area contributed by atoms with Gasteiger partial charge in [0.25, 0.3) is 0 Å². The van der Waals surface area contributed by atoms with E-state index in [1.807, 2.05) is 18.2 Å². The molecule has 1 N–H and O–H groups in total. The number of aromatic nitrogens is 1. The zero-order valence-electron chi connectivity index (χ0n) is 12.3. The van der Waals surface area contributed by atoms with Crippen molar-refractivity contribution in [3.05, 3.63) is 39.2 Å². The fourth-order valence-electron chi connectivity index (χ4n) is 2.01. The van der Waals surface area contributed by atoms with Crippen LogP contribution in [0.1, 0.15) is 26.2 Å². The minimum Gasteiger partial charge on any atom is -0.441 e. The first kappa shape index (κ1) is 16.7. The quantitative estimate of drug-likeness (QED) is 0.643. The van der Waals surface area contributed by atoms with Gasteiger partial charge in [-0.15, -0.1) is 0 Å². The molecule has 2 rings (SSSR count). The van der Waals surface area contributed by atoms with E-state index in [1.165, 1.54) is 0 Å². The van der Waals surface area contributed by atoms with Crippen molar-refractivity contribution in [3.8, 4) is 11.3 Å². The summed E-state index contributed by atoms with van der Waals surface area (Å²) in [5.41, 5.74) is 1.02. The fourth-order valence-corrected chi connectivity index (χ4v) is 3.30. The Balaban J connectivity index is 1.89. The number of oxazole rings is 1. The van der Waals surface area contributed by atoms with E-state index in [9.17, 15) is 0 Å². The van der Waals surface area contributed by atoms with Crippen LogP contribution in [0.25, 0.3) is 11.3 Å². The van der Waals surface area contributed by atoms with Crippen molar-refractivity contribution >= 4 is 31.9 Å². The molecule has 3 nitrogen and oxygen atoms in total. The Morgan fingerprint density at radius 1 is 1.19 bits per heavy atom. The third-order valence-corrected chi connectivity index (χ3v) is 3.91. The average molecular weight is 416 g/mol. The van der Waals surface area contributed by atoms with Crippen LogP contribution in [0.2, 0.25) is 0 Å². The molecule has 1 aromatic carbocycles. The summed E-state index contributed by atoms with van der Waals surface area (Å²) < 4.78 is 7.86. The number of rotatable bonds is 7. The molecule has 5 heteroatoms. The highest BCUT2D eigenvalue weighted by molar-refractivity contribution is 9.11. The van der Waals surface area contributed by atoms with Gasteiger partial charge in [0.15, 0.2) is 11.7 Å². The van der Waals surface area contributed by atoms with Crippen LogP contribution in [-0.4, -0.2) is 18.1 Å². The minimum atomic E-state index is 0.688. The lowest BCUT2D eigenvalue weighted by Crippen LogP contribution is -2.21. The van der Waals surface area contributed by atoms with Crippen LogP contribution >= 0.6 is 31.9 Å². The van der Waals surface area contributed by atoms with Gasteiger partial charge in [-0.3, -0.25) is 0 Å². The van der Waals surface area contributed by atoms with Gasteiger partial charge in [0, 0.05) is 20.9 Å². The molecule has 0 saturated carbocycles. The van der Waals surface area contributed by atoms with Gasteiger partial charge in [-0.2, -0.15) is 0 Å². The van der Waals surface area contributed by atoms with Gasteiger partial charge >= 0.3 is 0 Å². The summed E-state index contributed by atoms with van der Waals surface area (Å²) in [6, 6.07) is 6.06. The van der Waals surface area contributed by atoms with Crippen molar-refractivity contribution in [2.24, 2.45) is 5.92 Å². The van der Waals surface area contributed by atoms with E-state index in [0.717, 1.165) is 52.1 Å². The average Bonchev–Trinajstić information content (AvgIpc) is 2.85. The molecule has 114 valence electrons. The van der Waals surface area contributed by atoms with E-state index in [1.54, 1.807) is 6.20 Å². The number of benzene rings is 1. The first-order chi connectivity index (χ1) is 10.0. The van der Waals surface area contributed by atoms with Crippen molar-refractivity contribution in [1.82, 2.24) is 10.3 Å². The van der Waals surface area contributed by atoms with E-state index in [-0.39, 0.29) is 0 Å². The van der Waals surface area contributed by atoms with Crippen LogP contribution in [0, 0.1) is 5.92 Å². The van der Waals surface area contributed by atoms with E-state index >= 15 is 0 Å². The molecule has 0 fully saturated rings. The topological polar surface area (TPSA) is 38.1 Å². The summed E-state index contributed by atoms with van der Waals surface area (Å²) >= 11 is 6.98. The zero-order chi connectivity index (χ0) is 15.2. The van der Waals surface area contributed by atoms with Crippen LogP contribution in [0.15, 0.2) is 37.8 Å². The lowest BCUT2D eigenvalue weighted by atomic mass is 10.2. The Labute approximate surface area is 142 Å². The fraction of sp³-hybridized carbons (Fsp3) is 0.438. The van der Waals surface area contributed by atoms with Crippen LogP contribution in [0.3, 0.4) is 0 Å². The molecule has 0 radical (unpaired) electrons. The highest BCUT2D eigenvalue weighted by Crippen LogP contribution is 2.28. The standard InChI is InChI=1S/C16H20Br2N2O/c1-11(2)9-19-5-3-4-16-20-10-15(21-16)12-6-13(17)8-14(18)7-12/h6-8,10-11,19H,3-5,9H2,1-2H3. The molecule has 0 amide bonds. The van der Waals surface area contributed by atoms with E-state index < -0.39 is 0 Å². The highest BCUT2D eigenvalue weighted by atomic mass is 79.9. The molecule has 0 bridgehead atoms. The van der Waals surface area contributed by atoms with Crippen molar-refractivity contribution in [2.75, 3.05) is 13.1 Å². The molecular weight excluding hydrogens is 396 g/mol. The first-order valence-electron chi connectivity index (χ1n) is 7.16. The number of nitrogens with one attached hydrogen (secondary N) is 1. The van der Waals surface area contributed by atoms with E-state index in [4.69, 9.17) is 4.42 Å². The van der Waals surface area contributed by atoms with Gasteiger partial charge in [0.1, 0.15) is 0 Å². The van der Waals surface area contributed by atoms with Gasteiger partial charge in [-0.05, 0) is 43.6 Å². The maximum Gasteiger partial charge on any atom is 0.194 e. The summed E-state index contributed by atoms with van der Waals surface area (Å²) in [4.78, 5) is 4.36.